The van der Waals surface area contributed by atoms with Crippen LogP contribution in [-0.2, 0) is 17.9 Å². The average molecular weight is 327 g/mol. The minimum Gasteiger partial charge on any atom is -0.392 e. The van der Waals surface area contributed by atoms with Crippen molar-refractivity contribution < 1.29 is 9.90 Å². The van der Waals surface area contributed by atoms with Crippen molar-refractivity contribution in [2.45, 2.75) is 52.3 Å². The molecule has 128 valence electrons. The second-order valence-electron chi connectivity index (χ2n) is 6.73. The Kier molecular flexibility index (Phi) is 5.00. The van der Waals surface area contributed by atoms with Crippen LogP contribution < -0.4 is 5.32 Å². The largest absolute Gasteiger partial charge is 0.392 e. The Hall–Kier alpha value is -2.14. The highest BCUT2D eigenvalue weighted by Gasteiger charge is 2.31. The Bertz CT molecular complexity index is 723. The van der Waals surface area contributed by atoms with Crippen molar-refractivity contribution in [1.29, 1.82) is 0 Å². The molecular weight excluding hydrogens is 302 g/mol. The molecule has 24 heavy (non-hydrogen) atoms. The third kappa shape index (κ3) is 3.85. The second kappa shape index (κ2) is 7.18. The number of nitrogens with one attached hydrogen (secondary N) is 1. The number of aliphatic hydroxyl groups is 1. The summed E-state index contributed by atoms with van der Waals surface area (Å²) in [6.07, 6.45) is 1.96. The summed E-state index contributed by atoms with van der Waals surface area (Å²) >= 11 is 0. The van der Waals surface area contributed by atoms with Crippen LogP contribution >= 0.6 is 0 Å². The molecule has 0 radical (unpaired) electrons. The summed E-state index contributed by atoms with van der Waals surface area (Å²) in [7, 11) is 0. The van der Waals surface area contributed by atoms with E-state index >= 15 is 0 Å². The summed E-state index contributed by atoms with van der Waals surface area (Å²) in [6, 6.07) is 10.3. The summed E-state index contributed by atoms with van der Waals surface area (Å²) < 4.78 is 1.99. The molecule has 1 aliphatic rings. The molecule has 1 aliphatic carbocycles. The highest BCUT2D eigenvalue weighted by Crippen LogP contribution is 2.25. The maximum atomic E-state index is 12.2. The fraction of sp³-hybridized carbons (Fsp3) is 0.474. The molecule has 5 heteroatoms. The van der Waals surface area contributed by atoms with Gasteiger partial charge in [-0.05, 0) is 50.3 Å². The minimum atomic E-state index is -0.484. The van der Waals surface area contributed by atoms with E-state index in [1.807, 2.05) is 23.7 Å². The number of aromatic nitrogens is 2. The molecule has 1 heterocycles. The lowest BCUT2D eigenvalue weighted by Crippen LogP contribution is -2.34. The van der Waals surface area contributed by atoms with Crippen molar-refractivity contribution in [1.82, 2.24) is 15.1 Å². The van der Waals surface area contributed by atoms with E-state index in [4.69, 9.17) is 0 Å². The molecule has 1 fully saturated rings. The lowest BCUT2D eigenvalue weighted by atomic mass is 10.0. The first-order valence-electron chi connectivity index (χ1n) is 8.57. The summed E-state index contributed by atoms with van der Waals surface area (Å²) in [5.41, 5.74) is 4.39. The van der Waals surface area contributed by atoms with E-state index in [1.54, 1.807) is 0 Å². The first kappa shape index (κ1) is 16.7. The van der Waals surface area contributed by atoms with E-state index in [2.05, 4.69) is 35.5 Å². The molecule has 1 amide bonds. The monoisotopic (exact) mass is 327 g/mol. The first-order chi connectivity index (χ1) is 11.5. The number of nitrogens with zero attached hydrogens (tertiary/aromatic N) is 2. The quantitative estimate of drug-likeness (QED) is 0.886. The van der Waals surface area contributed by atoms with Crippen molar-refractivity contribution in [3.8, 4) is 0 Å². The Morgan fingerprint density at radius 2 is 2.08 bits per heavy atom. The maximum Gasteiger partial charge on any atom is 0.225 e. The standard InChI is InChI=1S/C19H25N3O2/c1-13-9-14(2)22(21-13)12-16-6-3-5-15(10-16)11-20-19(24)17-7-4-8-18(17)23/h3,5-6,9-10,17-18,23H,4,7-8,11-12H2,1-2H3,(H,20,24). The van der Waals surface area contributed by atoms with E-state index in [9.17, 15) is 9.90 Å². The molecular formula is C19H25N3O2. The van der Waals surface area contributed by atoms with Gasteiger partial charge in [-0.3, -0.25) is 9.48 Å². The molecule has 3 rings (SSSR count). The average Bonchev–Trinajstić information content (AvgIpc) is 3.11. The van der Waals surface area contributed by atoms with Crippen LogP contribution in [0.2, 0.25) is 0 Å². The van der Waals surface area contributed by atoms with Crippen molar-refractivity contribution in [3.63, 3.8) is 0 Å². The van der Waals surface area contributed by atoms with Crippen molar-refractivity contribution in [2.24, 2.45) is 5.92 Å². The summed E-state index contributed by atoms with van der Waals surface area (Å²) in [5.74, 6) is -0.285. The fourth-order valence-corrected chi connectivity index (χ4v) is 3.41. The van der Waals surface area contributed by atoms with Crippen LogP contribution in [0.3, 0.4) is 0 Å². The minimum absolute atomic E-state index is 0.0380. The van der Waals surface area contributed by atoms with Gasteiger partial charge in [-0.15, -0.1) is 0 Å². The molecule has 5 nitrogen and oxygen atoms in total. The van der Waals surface area contributed by atoms with Gasteiger partial charge in [-0.1, -0.05) is 24.3 Å². The number of aliphatic hydroxyl groups excluding tert-OH is 1. The lowest BCUT2D eigenvalue weighted by Gasteiger charge is -2.14. The third-order valence-corrected chi connectivity index (χ3v) is 4.71. The van der Waals surface area contributed by atoms with E-state index in [0.29, 0.717) is 6.54 Å². The summed E-state index contributed by atoms with van der Waals surface area (Å²) in [4.78, 5) is 12.2. The van der Waals surface area contributed by atoms with Gasteiger partial charge in [0.1, 0.15) is 0 Å². The van der Waals surface area contributed by atoms with Gasteiger partial charge in [0.05, 0.1) is 24.3 Å². The third-order valence-electron chi connectivity index (χ3n) is 4.71. The topological polar surface area (TPSA) is 67.2 Å². The molecule has 1 aromatic heterocycles. The number of aryl methyl sites for hydroxylation is 2. The van der Waals surface area contributed by atoms with Gasteiger partial charge in [0.15, 0.2) is 0 Å². The van der Waals surface area contributed by atoms with Crippen LogP contribution in [0.15, 0.2) is 30.3 Å². The van der Waals surface area contributed by atoms with Crippen LogP contribution in [0.5, 0.6) is 0 Å². The molecule has 2 unspecified atom stereocenters. The fourth-order valence-electron chi connectivity index (χ4n) is 3.41. The Balaban J connectivity index is 1.61. The molecule has 2 atom stereocenters. The summed E-state index contributed by atoms with van der Waals surface area (Å²) in [5, 5.41) is 17.3. The SMILES string of the molecule is Cc1cc(C)n(Cc2cccc(CNC(=O)C3CCCC3O)c2)n1. The number of hydrogen-bond donors (Lipinski definition) is 2. The first-order valence-corrected chi connectivity index (χ1v) is 8.57. The maximum absolute atomic E-state index is 12.2. The number of carbonyl (C=O) groups is 1. The van der Waals surface area contributed by atoms with Gasteiger partial charge in [0.2, 0.25) is 5.91 Å². The highest BCUT2D eigenvalue weighted by molar-refractivity contribution is 5.79. The van der Waals surface area contributed by atoms with Crippen molar-refractivity contribution in [2.75, 3.05) is 0 Å². The number of amides is 1. The van der Waals surface area contributed by atoms with Gasteiger partial charge < -0.3 is 10.4 Å². The summed E-state index contributed by atoms with van der Waals surface area (Å²) in [6.45, 7) is 5.26. The normalized spacial score (nSPS) is 20.3. The lowest BCUT2D eigenvalue weighted by molar-refractivity contribution is -0.127. The van der Waals surface area contributed by atoms with Gasteiger partial charge in [0.25, 0.3) is 0 Å². The zero-order valence-electron chi connectivity index (χ0n) is 14.3. The van der Waals surface area contributed by atoms with E-state index in [-0.39, 0.29) is 11.8 Å². The molecule has 0 spiro atoms. The zero-order valence-corrected chi connectivity index (χ0v) is 14.3. The molecule has 2 aromatic rings. The molecule has 1 saturated carbocycles. The van der Waals surface area contributed by atoms with Gasteiger partial charge in [0, 0.05) is 12.2 Å². The van der Waals surface area contributed by atoms with Crippen LogP contribution in [0.1, 0.15) is 41.8 Å². The Morgan fingerprint density at radius 3 is 2.75 bits per heavy atom. The van der Waals surface area contributed by atoms with Crippen molar-refractivity contribution >= 4 is 5.91 Å². The van der Waals surface area contributed by atoms with E-state index < -0.39 is 6.10 Å². The molecule has 0 aliphatic heterocycles. The molecule has 2 N–H and O–H groups in total. The van der Waals surface area contributed by atoms with Crippen LogP contribution in [0.25, 0.3) is 0 Å². The van der Waals surface area contributed by atoms with Crippen LogP contribution in [0, 0.1) is 19.8 Å². The highest BCUT2D eigenvalue weighted by atomic mass is 16.3. The Labute approximate surface area is 142 Å². The van der Waals surface area contributed by atoms with Gasteiger partial charge in [-0.25, -0.2) is 0 Å². The van der Waals surface area contributed by atoms with Gasteiger partial charge in [-0.2, -0.15) is 5.10 Å². The molecule has 1 aromatic carbocycles. The number of benzene rings is 1. The van der Waals surface area contributed by atoms with E-state index in [0.717, 1.165) is 48.3 Å². The number of hydrogen-bond acceptors (Lipinski definition) is 3. The predicted molar refractivity (Wildman–Crippen MR) is 92.4 cm³/mol. The van der Waals surface area contributed by atoms with E-state index in [1.165, 1.54) is 0 Å². The van der Waals surface area contributed by atoms with Crippen molar-refractivity contribution in [3.05, 3.63) is 52.8 Å². The van der Waals surface area contributed by atoms with Crippen LogP contribution in [-0.4, -0.2) is 26.9 Å². The van der Waals surface area contributed by atoms with Gasteiger partial charge >= 0.3 is 0 Å². The number of carbonyl (C=O) groups excluding carboxylic acids is 1. The molecule has 0 bridgehead atoms. The van der Waals surface area contributed by atoms with Crippen LogP contribution in [0.4, 0.5) is 0 Å². The zero-order chi connectivity index (χ0) is 17.1. The molecule has 0 saturated heterocycles. The number of rotatable bonds is 5. The second-order valence-corrected chi connectivity index (χ2v) is 6.73. The Morgan fingerprint density at radius 1 is 1.29 bits per heavy atom. The smallest absolute Gasteiger partial charge is 0.225 e. The predicted octanol–water partition coefficient (Wildman–Crippen LogP) is 2.33.